The van der Waals surface area contributed by atoms with Crippen molar-refractivity contribution in [1.82, 2.24) is 20.2 Å². The molecule has 1 aliphatic rings. The zero-order valence-corrected chi connectivity index (χ0v) is 14.0. The molecule has 0 unspecified atom stereocenters. The number of rotatable bonds is 9. The van der Waals surface area contributed by atoms with Crippen LogP contribution in [0.4, 0.5) is 0 Å². The Hall–Kier alpha value is -0.580. The van der Waals surface area contributed by atoms with Crippen LogP contribution in [0.1, 0.15) is 57.0 Å². The minimum Gasteiger partial charge on any atom is -0.344 e. The van der Waals surface area contributed by atoms with Gasteiger partial charge in [-0.15, -0.1) is 0 Å². The largest absolute Gasteiger partial charge is 0.344 e. The molecule has 1 fully saturated rings. The van der Waals surface area contributed by atoms with Crippen molar-refractivity contribution in [2.75, 3.05) is 26.2 Å². The van der Waals surface area contributed by atoms with Crippen LogP contribution < -0.4 is 5.32 Å². The van der Waals surface area contributed by atoms with Crippen LogP contribution in [0.15, 0.2) is 0 Å². The summed E-state index contributed by atoms with van der Waals surface area (Å²) in [5.74, 6) is 1.02. The lowest BCUT2D eigenvalue weighted by molar-refractivity contribution is 0.225. The Kier molecular flexibility index (Phi) is 7.54. The second kappa shape index (κ2) is 9.44. The average molecular weight is 313 g/mol. The van der Waals surface area contributed by atoms with Crippen molar-refractivity contribution in [2.24, 2.45) is 0 Å². The number of unbranched alkanes of at least 4 members (excludes halogenated alkanes) is 1. The summed E-state index contributed by atoms with van der Waals surface area (Å²) in [6, 6.07) is 0. The van der Waals surface area contributed by atoms with Crippen LogP contribution in [0.25, 0.3) is 0 Å². The molecule has 2 N–H and O–H groups in total. The molecule has 2 rings (SSSR count). The van der Waals surface area contributed by atoms with Gasteiger partial charge in [-0.1, -0.05) is 31.4 Å². The number of hydrogen-bond acceptors (Lipinski definition) is 3. The Balaban J connectivity index is 1.60. The number of aromatic amines is 1. The fourth-order valence-corrected chi connectivity index (χ4v) is 3.06. The molecule has 0 aliphatic carbocycles. The molecule has 0 spiro atoms. The summed E-state index contributed by atoms with van der Waals surface area (Å²) < 4.78 is 0. The third-order valence-electron chi connectivity index (χ3n) is 4.12. The number of aryl methyl sites for hydroxylation is 1. The van der Waals surface area contributed by atoms with Crippen molar-refractivity contribution in [1.29, 1.82) is 0 Å². The van der Waals surface area contributed by atoms with E-state index in [1.165, 1.54) is 51.7 Å². The summed E-state index contributed by atoms with van der Waals surface area (Å²) in [5.41, 5.74) is 1.03. The molecule has 1 aliphatic heterocycles. The first-order valence-corrected chi connectivity index (χ1v) is 8.83. The summed E-state index contributed by atoms with van der Waals surface area (Å²) in [4.78, 5) is 10.3. The number of nitrogens with zero attached hydrogens (tertiary/aromatic N) is 2. The number of aromatic nitrogens is 2. The van der Waals surface area contributed by atoms with Crippen molar-refractivity contribution in [3.8, 4) is 0 Å². The highest BCUT2D eigenvalue weighted by atomic mass is 35.5. The maximum atomic E-state index is 6.17. The smallest absolute Gasteiger partial charge is 0.151 e. The maximum Gasteiger partial charge on any atom is 0.151 e. The van der Waals surface area contributed by atoms with Gasteiger partial charge in [-0.3, -0.25) is 0 Å². The average Bonchev–Trinajstić information content (AvgIpc) is 2.86. The summed E-state index contributed by atoms with van der Waals surface area (Å²) in [7, 11) is 0. The van der Waals surface area contributed by atoms with E-state index in [4.69, 9.17) is 11.6 Å². The Morgan fingerprint density at radius 3 is 2.81 bits per heavy atom. The zero-order chi connectivity index (χ0) is 14.9. The Labute approximate surface area is 133 Å². The van der Waals surface area contributed by atoms with E-state index in [0.717, 1.165) is 37.4 Å². The number of hydrogen-bond donors (Lipinski definition) is 2. The van der Waals surface area contributed by atoms with Gasteiger partial charge >= 0.3 is 0 Å². The van der Waals surface area contributed by atoms with E-state index in [2.05, 4.69) is 27.1 Å². The van der Waals surface area contributed by atoms with Gasteiger partial charge in [0.1, 0.15) is 5.82 Å². The molecule has 0 aromatic carbocycles. The molecule has 2 heterocycles. The molecule has 1 aromatic heterocycles. The van der Waals surface area contributed by atoms with Crippen LogP contribution in [0.3, 0.4) is 0 Å². The quantitative estimate of drug-likeness (QED) is 0.687. The molecule has 1 saturated heterocycles. The third-order valence-corrected chi connectivity index (χ3v) is 4.44. The minimum atomic E-state index is 0.629. The fraction of sp³-hybridized carbons (Fsp3) is 0.812. The second-order valence-corrected chi connectivity index (χ2v) is 6.35. The normalized spacial score (nSPS) is 16.5. The van der Waals surface area contributed by atoms with Gasteiger partial charge in [-0.05, 0) is 51.9 Å². The molecule has 0 amide bonds. The Morgan fingerprint density at radius 1 is 1.24 bits per heavy atom. The van der Waals surface area contributed by atoms with Crippen molar-refractivity contribution in [3.63, 3.8) is 0 Å². The zero-order valence-electron chi connectivity index (χ0n) is 13.3. The van der Waals surface area contributed by atoms with Crippen molar-refractivity contribution >= 4 is 11.6 Å². The van der Waals surface area contributed by atoms with Gasteiger partial charge in [-0.2, -0.15) is 0 Å². The number of piperidine rings is 1. The lowest BCUT2D eigenvalue weighted by Crippen LogP contribution is -2.32. The number of likely N-dealkylation sites (tertiary alicyclic amines) is 1. The molecule has 4 nitrogen and oxygen atoms in total. The minimum absolute atomic E-state index is 0.629. The summed E-state index contributed by atoms with van der Waals surface area (Å²) >= 11 is 6.17. The molecule has 21 heavy (non-hydrogen) atoms. The van der Waals surface area contributed by atoms with Gasteiger partial charge in [0, 0.05) is 13.0 Å². The number of halogens is 1. The number of imidazole rings is 1. The molecule has 0 bridgehead atoms. The lowest BCUT2D eigenvalue weighted by Gasteiger charge is -2.26. The highest BCUT2D eigenvalue weighted by Crippen LogP contribution is 2.14. The molecule has 1 aromatic rings. The van der Waals surface area contributed by atoms with Gasteiger partial charge in [-0.25, -0.2) is 4.98 Å². The summed E-state index contributed by atoms with van der Waals surface area (Å²) in [5, 5.41) is 4.10. The van der Waals surface area contributed by atoms with Crippen molar-refractivity contribution in [3.05, 3.63) is 16.7 Å². The Morgan fingerprint density at radius 2 is 2.05 bits per heavy atom. The van der Waals surface area contributed by atoms with Gasteiger partial charge in [0.25, 0.3) is 0 Å². The van der Waals surface area contributed by atoms with E-state index >= 15 is 0 Å². The number of H-pyrrole nitrogens is 1. The molecular weight excluding hydrogens is 284 g/mol. The first-order valence-electron chi connectivity index (χ1n) is 8.46. The number of nitrogens with one attached hydrogen (secondary N) is 2. The molecule has 0 atom stereocenters. The first-order chi connectivity index (χ1) is 10.3. The van der Waals surface area contributed by atoms with Crippen LogP contribution in [0.5, 0.6) is 0 Å². The van der Waals surface area contributed by atoms with E-state index in [9.17, 15) is 0 Å². The third kappa shape index (κ3) is 5.97. The summed E-state index contributed by atoms with van der Waals surface area (Å²) in [6.07, 6.45) is 8.69. The van der Waals surface area contributed by atoms with Crippen molar-refractivity contribution in [2.45, 2.75) is 58.4 Å². The van der Waals surface area contributed by atoms with Crippen LogP contribution in [0, 0.1) is 0 Å². The molecule has 120 valence electrons. The van der Waals surface area contributed by atoms with Crippen LogP contribution in [-0.2, 0) is 13.0 Å². The van der Waals surface area contributed by atoms with Gasteiger partial charge < -0.3 is 15.2 Å². The van der Waals surface area contributed by atoms with Gasteiger partial charge in [0.2, 0.25) is 0 Å². The fourth-order valence-electron chi connectivity index (χ4n) is 2.84. The highest BCUT2D eigenvalue weighted by molar-refractivity contribution is 6.30. The monoisotopic (exact) mass is 312 g/mol. The van der Waals surface area contributed by atoms with E-state index in [1.807, 2.05) is 0 Å². The Bertz CT molecular complexity index is 399. The molecule has 5 heteroatoms. The van der Waals surface area contributed by atoms with Crippen LogP contribution in [-0.4, -0.2) is 41.0 Å². The second-order valence-electron chi connectivity index (χ2n) is 5.99. The predicted molar refractivity (Wildman–Crippen MR) is 88.8 cm³/mol. The topological polar surface area (TPSA) is 44.0 Å². The van der Waals surface area contributed by atoms with Crippen LogP contribution in [0.2, 0.25) is 5.15 Å². The SMILES string of the molecule is CCCCc1nc(Cl)c(CNCCCN2CCCCC2)[nH]1. The predicted octanol–water partition coefficient (Wildman–Crippen LogP) is 3.37. The maximum absolute atomic E-state index is 6.17. The summed E-state index contributed by atoms with van der Waals surface area (Å²) in [6.45, 7) is 7.80. The molecular formula is C16H29ClN4. The van der Waals surface area contributed by atoms with Crippen molar-refractivity contribution < 1.29 is 0 Å². The van der Waals surface area contributed by atoms with E-state index in [0.29, 0.717) is 5.15 Å². The molecule has 0 radical (unpaired) electrons. The molecule has 0 saturated carbocycles. The van der Waals surface area contributed by atoms with Gasteiger partial charge in [0.05, 0.1) is 5.69 Å². The lowest BCUT2D eigenvalue weighted by atomic mass is 10.1. The van der Waals surface area contributed by atoms with Crippen LogP contribution >= 0.6 is 11.6 Å². The first kappa shape index (κ1) is 16.8. The highest BCUT2D eigenvalue weighted by Gasteiger charge is 2.10. The van der Waals surface area contributed by atoms with E-state index in [1.54, 1.807) is 0 Å². The van der Waals surface area contributed by atoms with Gasteiger partial charge in [0.15, 0.2) is 5.15 Å². The van der Waals surface area contributed by atoms with E-state index in [-0.39, 0.29) is 0 Å². The standard InChI is InChI=1S/C16H29ClN4/c1-2-3-8-15-19-14(16(17)20-15)13-18-9-7-12-21-10-5-4-6-11-21/h18H,2-13H2,1H3,(H,19,20). The van der Waals surface area contributed by atoms with E-state index < -0.39 is 0 Å².